The summed E-state index contributed by atoms with van der Waals surface area (Å²) >= 11 is 0. The van der Waals surface area contributed by atoms with Crippen LogP contribution in [-0.2, 0) is 16.1 Å². The quantitative estimate of drug-likeness (QED) is 0.554. The number of piperazine rings is 1. The predicted molar refractivity (Wildman–Crippen MR) is 72.4 cm³/mol. The number of nitrogen functional groups attached to an aromatic ring is 1. The van der Waals surface area contributed by atoms with E-state index in [4.69, 9.17) is 11.5 Å². The second-order valence-electron chi connectivity index (χ2n) is 4.73. The fraction of sp³-hybridized carbons (Fsp3) is 0.308. The Morgan fingerprint density at radius 2 is 1.95 bits per heavy atom. The molecule has 1 heterocycles. The van der Waals surface area contributed by atoms with Gasteiger partial charge in [0.2, 0.25) is 5.91 Å². The van der Waals surface area contributed by atoms with E-state index in [9.17, 15) is 14.4 Å². The molecule has 1 saturated heterocycles. The molecule has 0 aromatic heterocycles. The Morgan fingerprint density at radius 3 is 2.55 bits per heavy atom. The molecular formula is C13H16N4O3. The molecule has 0 spiro atoms. The minimum absolute atomic E-state index is 0.239. The second kappa shape index (κ2) is 5.20. The summed E-state index contributed by atoms with van der Waals surface area (Å²) in [5.74, 6) is -1.63. The summed E-state index contributed by atoms with van der Waals surface area (Å²) in [5.41, 5.74) is 12.4. The van der Waals surface area contributed by atoms with Gasteiger partial charge >= 0.3 is 11.8 Å². The topological polar surface area (TPSA) is 110 Å². The van der Waals surface area contributed by atoms with Crippen molar-refractivity contribution in [3.05, 3.63) is 29.3 Å². The van der Waals surface area contributed by atoms with E-state index in [-0.39, 0.29) is 6.54 Å². The molecule has 2 rings (SSSR count). The summed E-state index contributed by atoms with van der Waals surface area (Å²) in [7, 11) is 1.59. The van der Waals surface area contributed by atoms with Gasteiger partial charge in [0.25, 0.3) is 0 Å². The van der Waals surface area contributed by atoms with Crippen LogP contribution in [0, 0.1) is 0 Å². The lowest BCUT2D eigenvalue weighted by atomic mass is 10.1. The fourth-order valence-electron chi connectivity index (χ4n) is 2.02. The van der Waals surface area contributed by atoms with Crippen LogP contribution in [0.2, 0.25) is 0 Å². The molecule has 3 amide bonds. The molecule has 106 valence electrons. The SMILES string of the molecule is CN1CCN(Cc2ccc(C(N)=O)cc2N)C(=O)C1=O. The van der Waals surface area contributed by atoms with Crippen LogP contribution in [0.1, 0.15) is 15.9 Å². The molecule has 0 unspecified atom stereocenters. The minimum Gasteiger partial charge on any atom is -0.398 e. The molecule has 20 heavy (non-hydrogen) atoms. The minimum atomic E-state index is -0.561. The molecule has 7 heteroatoms. The van der Waals surface area contributed by atoms with E-state index in [0.717, 1.165) is 0 Å². The van der Waals surface area contributed by atoms with Gasteiger partial charge in [-0.2, -0.15) is 0 Å². The Balaban J connectivity index is 2.16. The zero-order chi connectivity index (χ0) is 14.9. The van der Waals surface area contributed by atoms with Crippen molar-refractivity contribution in [2.24, 2.45) is 5.73 Å². The Hall–Kier alpha value is -2.57. The molecule has 1 aromatic carbocycles. The van der Waals surface area contributed by atoms with Crippen LogP contribution in [0.25, 0.3) is 0 Å². The average Bonchev–Trinajstić information content (AvgIpc) is 2.41. The number of nitrogens with zero attached hydrogens (tertiary/aromatic N) is 2. The highest BCUT2D eigenvalue weighted by Crippen LogP contribution is 2.17. The highest BCUT2D eigenvalue weighted by molar-refractivity contribution is 6.35. The molecule has 0 bridgehead atoms. The fourth-order valence-corrected chi connectivity index (χ4v) is 2.02. The Morgan fingerprint density at radius 1 is 1.25 bits per heavy atom. The van der Waals surface area contributed by atoms with Gasteiger partial charge in [0.15, 0.2) is 0 Å². The molecule has 0 radical (unpaired) electrons. The molecule has 1 fully saturated rings. The third-order valence-corrected chi connectivity index (χ3v) is 3.31. The third kappa shape index (κ3) is 2.56. The summed E-state index contributed by atoms with van der Waals surface area (Å²) in [5, 5.41) is 0. The van der Waals surface area contributed by atoms with Crippen LogP contribution in [0.15, 0.2) is 18.2 Å². The predicted octanol–water partition coefficient (Wildman–Crippen LogP) is -0.832. The lowest BCUT2D eigenvalue weighted by molar-refractivity contribution is -0.155. The van der Waals surface area contributed by atoms with Crippen molar-refractivity contribution in [1.82, 2.24) is 9.80 Å². The van der Waals surface area contributed by atoms with Crippen LogP contribution < -0.4 is 11.5 Å². The zero-order valence-electron chi connectivity index (χ0n) is 11.1. The number of hydrogen-bond acceptors (Lipinski definition) is 4. The van der Waals surface area contributed by atoms with Gasteiger partial charge in [-0.1, -0.05) is 6.07 Å². The van der Waals surface area contributed by atoms with E-state index >= 15 is 0 Å². The number of amides is 3. The van der Waals surface area contributed by atoms with Crippen molar-refractivity contribution in [3.8, 4) is 0 Å². The Labute approximate surface area is 116 Å². The molecule has 7 nitrogen and oxygen atoms in total. The average molecular weight is 276 g/mol. The van der Waals surface area contributed by atoms with Gasteiger partial charge in [-0.3, -0.25) is 14.4 Å². The van der Waals surface area contributed by atoms with E-state index in [1.54, 1.807) is 19.2 Å². The number of hydrogen-bond donors (Lipinski definition) is 2. The van der Waals surface area contributed by atoms with E-state index in [0.29, 0.717) is 29.9 Å². The highest BCUT2D eigenvalue weighted by atomic mass is 16.2. The van der Waals surface area contributed by atoms with Crippen molar-refractivity contribution in [3.63, 3.8) is 0 Å². The standard InChI is InChI=1S/C13H16N4O3/c1-16-4-5-17(13(20)12(16)19)7-9-3-2-8(11(15)18)6-10(9)14/h2-3,6H,4-5,7,14H2,1H3,(H2,15,18). The normalized spacial score (nSPS) is 15.7. The van der Waals surface area contributed by atoms with Crippen molar-refractivity contribution in [2.45, 2.75) is 6.54 Å². The van der Waals surface area contributed by atoms with E-state index in [1.165, 1.54) is 15.9 Å². The molecule has 4 N–H and O–H groups in total. The summed E-state index contributed by atoms with van der Waals surface area (Å²) in [6.07, 6.45) is 0. The van der Waals surface area contributed by atoms with Crippen LogP contribution in [0.4, 0.5) is 5.69 Å². The second-order valence-corrected chi connectivity index (χ2v) is 4.73. The molecule has 1 aliphatic heterocycles. The molecule has 0 aliphatic carbocycles. The summed E-state index contributed by atoms with van der Waals surface area (Å²) in [6.45, 7) is 1.19. The van der Waals surface area contributed by atoms with E-state index < -0.39 is 17.7 Å². The number of benzene rings is 1. The van der Waals surface area contributed by atoms with Crippen molar-refractivity contribution in [2.75, 3.05) is 25.9 Å². The van der Waals surface area contributed by atoms with Gasteiger partial charge in [-0.15, -0.1) is 0 Å². The lowest BCUT2D eigenvalue weighted by Crippen LogP contribution is -2.52. The summed E-state index contributed by atoms with van der Waals surface area (Å²) in [6, 6.07) is 4.67. The van der Waals surface area contributed by atoms with Gasteiger partial charge in [0.1, 0.15) is 0 Å². The largest absolute Gasteiger partial charge is 0.398 e. The van der Waals surface area contributed by atoms with Gasteiger partial charge in [0.05, 0.1) is 0 Å². The van der Waals surface area contributed by atoms with Crippen LogP contribution in [0.5, 0.6) is 0 Å². The molecule has 1 aromatic rings. The van der Waals surface area contributed by atoms with Crippen molar-refractivity contribution in [1.29, 1.82) is 0 Å². The number of anilines is 1. The summed E-state index contributed by atoms with van der Waals surface area (Å²) in [4.78, 5) is 37.3. The number of primary amides is 1. The third-order valence-electron chi connectivity index (χ3n) is 3.31. The first-order valence-corrected chi connectivity index (χ1v) is 6.12. The maximum atomic E-state index is 11.8. The first-order valence-electron chi connectivity index (χ1n) is 6.12. The maximum absolute atomic E-state index is 11.8. The van der Waals surface area contributed by atoms with Gasteiger partial charge in [-0.05, 0) is 17.7 Å². The van der Waals surface area contributed by atoms with Gasteiger partial charge in [-0.25, -0.2) is 0 Å². The maximum Gasteiger partial charge on any atom is 0.312 e. The van der Waals surface area contributed by atoms with Crippen LogP contribution in [0.3, 0.4) is 0 Å². The van der Waals surface area contributed by atoms with E-state index in [1.807, 2.05) is 0 Å². The molecular weight excluding hydrogens is 260 g/mol. The first-order chi connectivity index (χ1) is 9.40. The first kappa shape index (κ1) is 13.9. The number of carbonyl (C=O) groups excluding carboxylic acids is 3. The number of nitrogens with two attached hydrogens (primary N) is 2. The Bertz CT molecular complexity index is 585. The van der Waals surface area contributed by atoms with Crippen LogP contribution in [-0.4, -0.2) is 47.7 Å². The number of carbonyl (C=O) groups is 3. The smallest absolute Gasteiger partial charge is 0.312 e. The van der Waals surface area contributed by atoms with Gasteiger partial charge < -0.3 is 21.3 Å². The van der Waals surface area contributed by atoms with E-state index in [2.05, 4.69) is 0 Å². The lowest BCUT2D eigenvalue weighted by Gasteiger charge is -2.31. The van der Waals surface area contributed by atoms with Gasteiger partial charge in [0, 0.05) is 37.9 Å². The number of likely N-dealkylation sites (N-methyl/N-ethyl adjacent to an activating group) is 1. The monoisotopic (exact) mass is 276 g/mol. The van der Waals surface area contributed by atoms with Crippen molar-refractivity contribution < 1.29 is 14.4 Å². The molecule has 1 aliphatic rings. The highest BCUT2D eigenvalue weighted by Gasteiger charge is 2.30. The summed E-state index contributed by atoms with van der Waals surface area (Å²) < 4.78 is 0. The zero-order valence-corrected chi connectivity index (χ0v) is 11.1. The number of rotatable bonds is 3. The van der Waals surface area contributed by atoms with Crippen molar-refractivity contribution >= 4 is 23.4 Å². The Kier molecular flexibility index (Phi) is 3.60. The molecule has 0 atom stereocenters. The molecule has 0 saturated carbocycles. The van der Waals surface area contributed by atoms with Crippen LogP contribution >= 0.6 is 0 Å².